The Labute approximate surface area is 250 Å². The quantitative estimate of drug-likeness (QED) is 0.156. The van der Waals surface area contributed by atoms with Crippen molar-refractivity contribution in [2.45, 2.75) is 17.8 Å². The molecule has 1 aromatic heterocycles. The highest BCUT2D eigenvalue weighted by Gasteiger charge is 2.17. The van der Waals surface area contributed by atoms with E-state index in [2.05, 4.69) is 20.9 Å². The molecule has 4 aromatic carbocycles. The molecule has 0 radical (unpaired) electrons. The van der Waals surface area contributed by atoms with Gasteiger partial charge in [0.05, 0.1) is 27.1 Å². The Hall–Kier alpha value is -4.18. The second kappa shape index (κ2) is 13.0. The van der Waals surface area contributed by atoms with Crippen molar-refractivity contribution < 1.29 is 14.4 Å². The fourth-order valence-electron chi connectivity index (χ4n) is 4.05. The average molecular weight is 601 g/mol. The number of benzene rings is 4. The number of aromatic nitrogens is 1. The van der Waals surface area contributed by atoms with Crippen molar-refractivity contribution in [3.8, 4) is 0 Å². The van der Waals surface area contributed by atoms with Crippen molar-refractivity contribution >= 4 is 74.0 Å². The molecule has 3 N–H and O–H groups in total. The van der Waals surface area contributed by atoms with Gasteiger partial charge in [-0.05, 0) is 60.5 Å². The number of hydrogen-bond acceptors (Lipinski definition) is 6. The molecule has 0 fully saturated rings. The van der Waals surface area contributed by atoms with Crippen molar-refractivity contribution in [3.63, 3.8) is 0 Å². The van der Waals surface area contributed by atoms with Gasteiger partial charge in [0.15, 0.2) is 4.34 Å². The zero-order valence-corrected chi connectivity index (χ0v) is 24.3. The first-order valence-electron chi connectivity index (χ1n) is 12.7. The number of nitrogens with zero attached hydrogens (tertiary/aromatic N) is 1. The SMILES string of the molecule is Cc1c(Cl)cccc1NC(=O)CSc1nc2ccc(NC(=O)c3ccccc3C(=O)NCc3ccccc3)cc2s1. The number of halogens is 1. The minimum atomic E-state index is -0.387. The van der Waals surface area contributed by atoms with E-state index in [1.54, 1.807) is 42.5 Å². The van der Waals surface area contributed by atoms with Crippen LogP contribution in [0.4, 0.5) is 11.4 Å². The lowest BCUT2D eigenvalue weighted by Gasteiger charge is -2.11. The van der Waals surface area contributed by atoms with E-state index in [-0.39, 0.29) is 29.0 Å². The average Bonchev–Trinajstić information content (AvgIpc) is 3.40. The third kappa shape index (κ3) is 7.13. The third-order valence-corrected chi connectivity index (χ3v) is 8.78. The summed E-state index contributed by atoms with van der Waals surface area (Å²) < 4.78 is 1.60. The van der Waals surface area contributed by atoms with E-state index in [0.29, 0.717) is 28.5 Å². The molecule has 0 aliphatic carbocycles. The maximum atomic E-state index is 13.2. The number of nitrogens with one attached hydrogen (secondary N) is 3. The molecule has 1 heterocycles. The van der Waals surface area contributed by atoms with E-state index >= 15 is 0 Å². The molecule has 206 valence electrons. The smallest absolute Gasteiger partial charge is 0.256 e. The van der Waals surface area contributed by atoms with E-state index in [1.807, 2.05) is 55.5 Å². The molecular formula is C31H25ClN4O3S2. The minimum Gasteiger partial charge on any atom is -0.348 e. The van der Waals surface area contributed by atoms with Crippen molar-refractivity contribution in [1.82, 2.24) is 10.3 Å². The van der Waals surface area contributed by atoms with Crippen molar-refractivity contribution in [2.24, 2.45) is 0 Å². The Balaban J connectivity index is 1.22. The maximum Gasteiger partial charge on any atom is 0.256 e. The molecule has 0 aliphatic heterocycles. The number of anilines is 2. The molecule has 5 rings (SSSR count). The highest BCUT2D eigenvalue weighted by molar-refractivity contribution is 8.01. The molecule has 0 aliphatic rings. The molecule has 5 aromatic rings. The summed E-state index contributed by atoms with van der Waals surface area (Å²) in [5.74, 6) is -0.673. The maximum absolute atomic E-state index is 13.2. The zero-order valence-electron chi connectivity index (χ0n) is 21.9. The number of thiazole rings is 1. The van der Waals surface area contributed by atoms with Gasteiger partial charge in [0.25, 0.3) is 11.8 Å². The number of carbonyl (C=O) groups excluding carboxylic acids is 3. The van der Waals surface area contributed by atoms with Crippen molar-refractivity contribution in [3.05, 3.63) is 118 Å². The van der Waals surface area contributed by atoms with E-state index < -0.39 is 0 Å². The largest absolute Gasteiger partial charge is 0.348 e. The summed E-state index contributed by atoms with van der Waals surface area (Å²) in [7, 11) is 0. The third-order valence-electron chi connectivity index (χ3n) is 6.21. The molecule has 0 atom stereocenters. The van der Waals surface area contributed by atoms with E-state index in [1.165, 1.54) is 23.1 Å². The van der Waals surface area contributed by atoms with Gasteiger partial charge in [0, 0.05) is 22.9 Å². The van der Waals surface area contributed by atoms with Crippen LogP contribution in [-0.2, 0) is 11.3 Å². The van der Waals surface area contributed by atoms with Gasteiger partial charge in [-0.15, -0.1) is 11.3 Å². The molecule has 0 spiro atoms. The van der Waals surface area contributed by atoms with Crippen LogP contribution >= 0.6 is 34.7 Å². The fourth-order valence-corrected chi connectivity index (χ4v) is 6.13. The van der Waals surface area contributed by atoms with Gasteiger partial charge in [-0.25, -0.2) is 4.98 Å². The second-order valence-electron chi connectivity index (χ2n) is 9.08. The number of thioether (sulfide) groups is 1. The number of hydrogen-bond donors (Lipinski definition) is 3. The Morgan fingerprint density at radius 2 is 1.59 bits per heavy atom. The summed E-state index contributed by atoms with van der Waals surface area (Å²) in [6.07, 6.45) is 0. The molecule has 0 unspecified atom stereocenters. The Morgan fingerprint density at radius 1 is 0.854 bits per heavy atom. The van der Waals surface area contributed by atoms with Crippen molar-refractivity contribution in [2.75, 3.05) is 16.4 Å². The normalized spacial score (nSPS) is 10.8. The number of rotatable bonds is 9. The number of carbonyl (C=O) groups is 3. The Morgan fingerprint density at radius 3 is 2.37 bits per heavy atom. The predicted molar refractivity (Wildman–Crippen MR) is 167 cm³/mol. The monoisotopic (exact) mass is 600 g/mol. The lowest BCUT2D eigenvalue weighted by Crippen LogP contribution is -2.26. The Bertz CT molecular complexity index is 1740. The van der Waals surface area contributed by atoms with Gasteiger partial charge >= 0.3 is 0 Å². The summed E-state index contributed by atoms with van der Waals surface area (Å²) in [5.41, 5.74) is 4.39. The summed E-state index contributed by atoms with van der Waals surface area (Å²) in [6, 6.07) is 27.1. The Kier molecular flexibility index (Phi) is 8.98. The number of amides is 3. The van der Waals surface area contributed by atoms with Crippen LogP contribution in [0.5, 0.6) is 0 Å². The van der Waals surface area contributed by atoms with Crippen LogP contribution in [-0.4, -0.2) is 28.5 Å². The summed E-state index contributed by atoms with van der Waals surface area (Å²) in [5, 5.41) is 9.26. The van der Waals surface area contributed by atoms with Gasteiger partial charge in [0.1, 0.15) is 0 Å². The first-order chi connectivity index (χ1) is 19.9. The predicted octanol–water partition coefficient (Wildman–Crippen LogP) is 7.17. The van der Waals surface area contributed by atoms with Gasteiger partial charge in [-0.3, -0.25) is 14.4 Å². The molecule has 7 nitrogen and oxygen atoms in total. The van der Waals surface area contributed by atoms with Crippen LogP contribution in [0.15, 0.2) is 95.3 Å². The van der Waals surface area contributed by atoms with E-state index in [9.17, 15) is 14.4 Å². The van der Waals surface area contributed by atoms with Gasteiger partial charge in [0.2, 0.25) is 5.91 Å². The second-order valence-corrected chi connectivity index (χ2v) is 11.7. The van der Waals surface area contributed by atoms with Crippen LogP contribution in [0.1, 0.15) is 31.8 Å². The van der Waals surface area contributed by atoms with Crippen LogP contribution in [0, 0.1) is 6.92 Å². The summed E-state index contributed by atoms with van der Waals surface area (Å²) in [6.45, 7) is 2.22. The summed E-state index contributed by atoms with van der Waals surface area (Å²) in [4.78, 5) is 43.1. The van der Waals surface area contributed by atoms with Crippen LogP contribution in [0.3, 0.4) is 0 Å². The fraction of sp³-hybridized carbons (Fsp3) is 0.0968. The van der Waals surface area contributed by atoms with E-state index in [4.69, 9.17) is 11.6 Å². The summed E-state index contributed by atoms with van der Waals surface area (Å²) >= 11 is 8.92. The molecule has 0 saturated carbocycles. The molecule has 10 heteroatoms. The molecule has 0 saturated heterocycles. The highest BCUT2D eigenvalue weighted by atomic mass is 35.5. The first kappa shape index (κ1) is 28.4. The van der Waals surface area contributed by atoms with Crippen molar-refractivity contribution in [1.29, 1.82) is 0 Å². The minimum absolute atomic E-state index is 0.154. The van der Waals surface area contributed by atoms with E-state index in [0.717, 1.165) is 25.7 Å². The molecule has 41 heavy (non-hydrogen) atoms. The molecular weight excluding hydrogens is 576 g/mol. The van der Waals surface area contributed by atoms with Gasteiger partial charge in [-0.1, -0.05) is 71.9 Å². The molecule has 3 amide bonds. The molecule has 0 bridgehead atoms. The first-order valence-corrected chi connectivity index (χ1v) is 14.9. The van der Waals surface area contributed by atoms with Gasteiger partial charge in [-0.2, -0.15) is 0 Å². The highest BCUT2D eigenvalue weighted by Crippen LogP contribution is 2.32. The van der Waals surface area contributed by atoms with Crippen LogP contribution in [0.2, 0.25) is 5.02 Å². The standard InChI is InChI=1S/C31H25ClN4O3S2/c1-19-24(32)12-7-13-25(19)35-28(37)18-40-31-36-26-15-14-21(16-27(26)41-31)34-30(39)23-11-6-5-10-22(23)29(38)33-17-20-8-3-2-4-9-20/h2-16H,17-18H2,1H3,(H,33,38)(H,34,39)(H,35,37). The lowest BCUT2D eigenvalue weighted by molar-refractivity contribution is -0.113. The lowest BCUT2D eigenvalue weighted by atomic mass is 10.1. The number of fused-ring (bicyclic) bond motifs is 1. The van der Waals surface area contributed by atoms with Crippen LogP contribution < -0.4 is 16.0 Å². The topological polar surface area (TPSA) is 100 Å². The zero-order chi connectivity index (χ0) is 28.8. The van der Waals surface area contributed by atoms with Gasteiger partial charge < -0.3 is 16.0 Å². The van der Waals surface area contributed by atoms with Crippen LogP contribution in [0.25, 0.3) is 10.2 Å².